The van der Waals surface area contributed by atoms with Crippen LogP contribution in [0.25, 0.3) is 0 Å². The quantitative estimate of drug-likeness (QED) is 0.644. The van der Waals surface area contributed by atoms with Crippen LogP contribution in [0, 0.1) is 15.9 Å². The van der Waals surface area contributed by atoms with Crippen molar-refractivity contribution in [2.45, 2.75) is 6.04 Å². The zero-order chi connectivity index (χ0) is 17.0. The van der Waals surface area contributed by atoms with Crippen LogP contribution in [0.2, 0.25) is 5.02 Å². The average Bonchev–Trinajstić information content (AvgIpc) is 2.50. The van der Waals surface area contributed by atoms with Gasteiger partial charge in [0.15, 0.2) is 0 Å². The Morgan fingerprint density at radius 2 is 2.13 bits per heavy atom. The van der Waals surface area contributed by atoms with Gasteiger partial charge in [0.1, 0.15) is 5.82 Å². The topological polar surface area (TPSA) is 71.3 Å². The molecule has 0 radical (unpaired) electrons. The van der Waals surface area contributed by atoms with Crippen LogP contribution in [-0.4, -0.2) is 35.4 Å². The van der Waals surface area contributed by atoms with E-state index in [2.05, 4.69) is 10.3 Å². The molecule has 0 amide bonds. The number of likely N-dealkylation sites (N-methyl/N-ethyl adjacent to an activating group) is 1. The standard InChI is InChI=1S/C15H16ClFN4O2/c1-20(2)13(14-10(16)5-3-6-11(14)17)9-19-15-12(21(22)23)7-4-8-18-15/h3-8,13H,9H2,1-2H3,(H,18,19)/t13-/m0/s1. The van der Waals surface area contributed by atoms with Gasteiger partial charge in [-0.1, -0.05) is 17.7 Å². The molecule has 8 heteroatoms. The Kier molecular flexibility index (Phi) is 5.46. The van der Waals surface area contributed by atoms with Gasteiger partial charge in [0.2, 0.25) is 5.82 Å². The second kappa shape index (κ2) is 7.34. The van der Waals surface area contributed by atoms with E-state index >= 15 is 0 Å². The number of nitrogens with one attached hydrogen (secondary N) is 1. The zero-order valence-electron chi connectivity index (χ0n) is 12.7. The highest BCUT2D eigenvalue weighted by Gasteiger charge is 2.22. The predicted molar refractivity (Wildman–Crippen MR) is 87.2 cm³/mol. The molecule has 0 fully saturated rings. The minimum atomic E-state index is -0.518. The van der Waals surface area contributed by atoms with Crippen molar-refractivity contribution >= 4 is 23.1 Å². The molecule has 2 aromatic rings. The van der Waals surface area contributed by atoms with Crippen LogP contribution in [0.1, 0.15) is 11.6 Å². The Bertz CT molecular complexity index is 691. The number of hydrogen-bond donors (Lipinski definition) is 1. The molecule has 0 saturated carbocycles. The fourth-order valence-electron chi connectivity index (χ4n) is 2.25. The SMILES string of the molecule is CN(C)[C@@H](CNc1ncccc1[N+](=O)[O-])c1c(F)cccc1Cl. The molecule has 23 heavy (non-hydrogen) atoms. The van der Waals surface area contributed by atoms with Crippen molar-refractivity contribution in [1.29, 1.82) is 0 Å². The van der Waals surface area contributed by atoms with Gasteiger partial charge in [0, 0.05) is 29.4 Å². The smallest absolute Gasteiger partial charge is 0.311 e. The first-order chi connectivity index (χ1) is 10.9. The summed E-state index contributed by atoms with van der Waals surface area (Å²) in [5.74, 6) is -0.287. The molecule has 0 bridgehead atoms. The van der Waals surface area contributed by atoms with Gasteiger partial charge in [0.25, 0.3) is 0 Å². The second-order valence-electron chi connectivity index (χ2n) is 5.12. The van der Waals surface area contributed by atoms with Crippen molar-refractivity contribution in [1.82, 2.24) is 9.88 Å². The average molecular weight is 339 g/mol. The molecule has 0 saturated heterocycles. The highest BCUT2D eigenvalue weighted by Crippen LogP contribution is 2.30. The number of nitro groups is 1. The molecule has 0 unspecified atom stereocenters. The molecule has 1 atom stereocenters. The molecule has 0 aliphatic heterocycles. The van der Waals surface area contributed by atoms with Gasteiger partial charge in [-0.15, -0.1) is 0 Å². The van der Waals surface area contributed by atoms with Crippen LogP contribution in [0.15, 0.2) is 36.5 Å². The highest BCUT2D eigenvalue weighted by molar-refractivity contribution is 6.31. The van der Waals surface area contributed by atoms with Crippen molar-refractivity contribution in [3.05, 3.63) is 63.0 Å². The molecule has 1 heterocycles. The fraction of sp³-hybridized carbons (Fsp3) is 0.267. The minimum Gasteiger partial charge on any atom is -0.362 e. The third-order valence-corrected chi connectivity index (χ3v) is 3.73. The molecule has 1 aromatic carbocycles. The maximum absolute atomic E-state index is 14.1. The summed E-state index contributed by atoms with van der Waals surface area (Å²) in [7, 11) is 3.56. The number of rotatable bonds is 6. The molecular weight excluding hydrogens is 323 g/mol. The summed E-state index contributed by atoms with van der Waals surface area (Å²) < 4.78 is 14.1. The number of aromatic nitrogens is 1. The first-order valence-corrected chi connectivity index (χ1v) is 7.23. The van der Waals surface area contributed by atoms with E-state index in [1.54, 1.807) is 25.1 Å². The van der Waals surface area contributed by atoms with Crippen molar-refractivity contribution in [2.75, 3.05) is 26.0 Å². The van der Waals surface area contributed by atoms with Gasteiger partial charge >= 0.3 is 5.69 Å². The Labute approximate surface area is 138 Å². The summed E-state index contributed by atoms with van der Waals surface area (Å²) in [4.78, 5) is 16.3. The van der Waals surface area contributed by atoms with E-state index in [0.29, 0.717) is 10.6 Å². The van der Waals surface area contributed by atoms with E-state index in [4.69, 9.17) is 11.6 Å². The summed E-state index contributed by atoms with van der Waals surface area (Å²) in [6, 6.07) is 6.91. The van der Waals surface area contributed by atoms with Crippen molar-refractivity contribution in [3.8, 4) is 0 Å². The second-order valence-corrected chi connectivity index (χ2v) is 5.53. The molecule has 122 valence electrons. The van der Waals surface area contributed by atoms with Gasteiger partial charge in [-0.2, -0.15) is 0 Å². The largest absolute Gasteiger partial charge is 0.362 e. The lowest BCUT2D eigenvalue weighted by molar-refractivity contribution is -0.384. The lowest BCUT2D eigenvalue weighted by atomic mass is 10.0. The maximum Gasteiger partial charge on any atom is 0.311 e. The van der Waals surface area contributed by atoms with Gasteiger partial charge < -0.3 is 10.2 Å². The summed E-state index contributed by atoms with van der Waals surface area (Å²) in [6.07, 6.45) is 1.45. The highest BCUT2D eigenvalue weighted by atomic mass is 35.5. The number of anilines is 1. The third-order valence-electron chi connectivity index (χ3n) is 3.40. The Balaban J connectivity index is 2.27. The first kappa shape index (κ1) is 17.1. The van der Waals surface area contributed by atoms with Gasteiger partial charge in [-0.3, -0.25) is 10.1 Å². The number of hydrogen-bond acceptors (Lipinski definition) is 5. The number of benzene rings is 1. The van der Waals surface area contributed by atoms with E-state index in [1.165, 1.54) is 30.5 Å². The van der Waals surface area contributed by atoms with Crippen LogP contribution in [0.4, 0.5) is 15.9 Å². The van der Waals surface area contributed by atoms with E-state index in [-0.39, 0.29) is 18.1 Å². The molecular formula is C15H16ClFN4O2. The van der Waals surface area contributed by atoms with Gasteiger partial charge in [-0.25, -0.2) is 9.37 Å². The maximum atomic E-state index is 14.1. The number of nitrogens with zero attached hydrogens (tertiary/aromatic N) is 3. The molecule has 6 nitrogen and oxygen atoms in total. The van der Waals surface area contributed by atoms with Gasteiger partial charge in [-0.05, 0) is 32.3 Å². The van der Waals surface area contributed by atoms with Crippen molar-refractivity contribution in [2.24, 2.45) is 0 Å². The Morgan fingerprint density at radius 3 is 2.74 bits per heavy atom. The normalized spacial score (nSPS) is 12.2. The summed E-state index contributed by atoms with van der Waals surface area (Å²) in [5.41, 5.74) is 0.204. The summed E-state index contributed by atoms with van der Waals surface area (Å²) in [6.45, 7) is 0.214. The van der Waals surface area contributed by atoms with Crippen molar-refractivity contribution in [3.63, 3.8) is 0 Å². The van der Waals surface area contributed by atoms with Crippen LogP contribution in [0.5, 0.6) is 0 Å². The predicted octanol–water partition coefficient (Wildman–Crippen LogP) is 3.50. The molecule has 2 rings (SSSR count). The van der Waals surface area contributed by atoms with Crippen molar-refractivity contribution < 1.29 is 9.31 Å². The van der Waals surface area contributed by atoms with Gasteiger partial charge in [0.05, 0.1) is 11.0 Å². The zero-order valence-corrected chi connectivity index (χ0v) is 13.4. The van der Waals surface area contributed by atoms with Crippen LogP contribution in [0.3, 0.4) is 0 Å². The van der Waals surface area contributed by atoms with E-state index in [0.717, 1.165) is 0 Å². The van der Waals surface area contributed by atoms with Crippen LogP contribution < -0.4 is 5.32 Å². The first-order valence-electron chi connectivity index (χ1n) is 6.85. The molecule has 1 N–H and O–H groups in total. The van der Waals surface area contributed by atoms with E-state index in [1.807, 2.05) is 0 Å². The minimum absolute atomic E-state index is 0.135. The monoisotopic (exact) mass is 338 g/mol. The Hall–Kier alpha value is -2.25. The van der Waals surface area contributed by atoms with E-state index < -0.39 is 16.8 Å². The third kappa shape index (κ3) is 3.94. The lowest BCUT2D eigenvalue weighted by Gasteiger charge is -2.26. The van der Waals surface area contributed by atoms with Crippen LogP contribution >= 0.6 is 11.6 Å². The molecule has 1 aromatic heterocycles. The fourth-order valence-corrected chi connectivity index (χ4v) is 2.53. The molecule has 0 spiro atoms. The molecule has 0 aliphatic carbocycles. The summed E-state index contributed by atoms with van der Waals surface area (Å²) >= 11 is 6.11. The molecule has 0 aliphatic rings. The number of halogens is 2. The van der Waals surface area contributed by atoms with Crippen LogP contribution in [-0.2, 0) is 0 Å². The Morgan fingerprint density at radius 1 is 1.39 bits per heavy atom. The number of pyridine rings is 1. The summed E-state index contributed by atoms with van der Waals surface area (Å²) in [5, 5.41) is 14.2. The lowest BCUT2D eigenvalue weighted by Crippen LogP contribution is -2.28. The van der Waals surface area contributed by atoms with E-state index in [9.17, 15) is 14.5 Å².